The maximum Gasteiger partial charge on any atom is 0.275 e. The molecule has 9 heteroatoms. The van der Waals surface area contributed by atoms with Gasteiger partial charge in [-0.25, -0.2) is 9.97 Å². The van der Waals surface area contributed by atoms with Crippen molar-refractivity contribution in [1.82, 2.24) is 24.1 Å². The number of hydrogen-bond acceptors (Lipinski definition) is 6. The summed E-state index contributed by atoms with van der Waals surface area (Å²) in [6.45, 7) is 1.81. The van der Waals surface area contributed by atoms with Crippen molar-refractivity contribution in [3.05, 3.63) is 68.3 Å². The third kappa shape index (κ3) is 3.39. The van der Waals surface area contributed by atoms with Gasteiger partial charge in [-0.15, -0.1) is 0 Å². The number of halogens is 1. The van der Waals surface area contributed by atoms with Crippen molar-refractivity contribution >= 4 is 44.0 Å². The van der Waals surface area contributed by atoms with E-state index in [2.05, 4.69) is 31.0 Å². The average molecular weight is 434 g/mol. The van der Waals surface area contributed by atoms with Crippen LogP contribution < -0.4 is 5.56 Å². The predicted molar refractivity (Wildman–Crippen MR) is 103 cm³/mol. The SMILES string of the molecule is Cc1cc(=O)n2nc(CSc3nccn3-c3ccc(Br)cc3)sc2n1. The molecule has 0 saturated carbocycles. The van der Waals surface area contributed by atoms with Crippen LogP contribution in [-0.4, -0.2) is 24.1 Å². The number of nitrogens with zero attached hydrogens (tertiary/aromatic N) is 5. The van der Waals surface area contributed by atoms with Crippen LogP contribution in [0.2, 0.25) is 0 Å². The Morgan fingerprint density at radius 3 is 2.88 bits per heavy atom. The van der Waals surface area contributed by atoms with Crippen molar-refractivity contribution in [3.63, 3.8) is 0 Å². The fourth-order valence-corrected chi connectivity index (χ4v) is 4.51. The summed E-state index contributed by atoms with van der Waals surface area (Å²) >= 11 is 6.45. The zero-order valence-electron chi connectivity index (χ0n) is 13.1. The zero-order chi connectivity index (χ0) is 17.4. The Bertz CT molecular complexity index is 1100. The first kappa shape index (κ1) is 16.5. The van der Waals surface area contributed by atoms with E-state index in [0.717, 1.165) is 20.3 Å². The van der Waals surface area contributed by atoms with Crippen molar-refractivity contribution in [3.8, 4) is 5.69 Å². The van der Waals surface area contributed by atoms with Crippen molar-refractivity contribution < 1.29 is 0 Å². The summed E-state index contributed by atoms with van der Waals surface area (Å²) in [5.41, 5.74) is 1.60. The Balaban J connectivity index is 1.58. The molecule has 25 heavy (non-hydrogen) atoms. The van der Waals surface area contributed by atoms with E-state index in [0.29, 0.717) is 16.4 Å². The highest BCUT2D eigenvalue weighted by atomic mass is 79.9. The van der Waals surface area contributed by atoms with Gasteiger partial charge in [0.2, 0.25) is 4.96 Å². The molecule has 0 spiro atoms. The van der Waals surface area contributed by atoms with Gasteiger partial charge in [-0.05, 0) is 31.2 Å². The molecule has 0 atom stereocenters. The average Bonchev–Trinajstić information content (AvgIpc) is 3.20. The summed E-state index contributed by atoms with van der Waals surface area (Å²) in [6.07, 6.45) is 3.71. The first-order chi connectivity index (χ1) is 12.1. The van der Waals surface area contributed by atoms with Crippen LogP contribution in [0, 0.1) is 6.92 Å². The first-order valence-electron chi connectivity index (χ1n) is 7.39. The van der Waals surface area contributed by atoms with Crippen molar-refractivity contribution in [2.24, 2.45) is 0 Å². The summed E-state index contributed by atoms with van der Waals surface area (Å²) in [6, 6.07) is 9.54. The Kier molecular flexibility index (Phi) is 4.45. The second-order valence-electron chi connectivity index (χ2n) is 5.27. The van der Waals surface area contributed by atoms with Gasteiger partial charge in [0.1, 0.15) is 5.01 Å². The lowest BCUT2D eigenvalue weighted by molar-refractivity contribution is 0.866. The molecule has 4 aromatic rings. The molecule has 3 aromatic heterocycles. The molecule has 0 fully saturated rings. The molecule has 0 N–H and O–H groups in total. The molecule has 0 amide bonds. The van der Waals surface area contributed by atoms with Gasteiger partial charge in [-0.1, -0.05) is 39.0 Å². The maximum atomic E-state index is 12.0. The number of thioether (sulfide) groups is 1. The second kappa shape index (κ2) is 6.74. The minimum Gasteiger partial charge on any atom is -0.295 e. The molecule has 0 bridgehead atoms. The van der Waals surface area contributed by atoms with Crippen molar-refractivity contribution in [2.45, 2.75) is 17.8 Å². The number of rotatable bonds is 4. The minimum absolute atomic E-state index is 0.147. The van der Waals surface area contributed by atoms with Crippen LogP contribution in [0.3, 0.4) is 0 Å². The van der Waals surface area contributed by atoms with Gasteiger partial charge in [-0.3, -0.25) is 9.36 Å². The van der Waals surface area contributed by atoms with Gasteiger partial charge in [0.15, 0.2) is 5.16 Å². The third-order valence-electron chi connectivity index (χ3n) is 3.45. The number of hydrogen-bond donors (Lipinski definition) is 0. The third-order valence-corrected chi connectivity index (χ3v) is 6.05. The number of benzene rings is 1. The Hall–Kier alpha value is -1.97. The molecular formula is C16H12BrN5OS2. The number of fused-ring (bicyclic) bond motifs is 1. The van der Waals surface area contributed by atoms with Gasteiger partial charge in [0.05, 0.1) is 5.75 Å². The molecule has 0 aliphatic carbocycles. The number of aryl methyl sites for hydroxylation is 1. The van der Waals surface area contributed by atoms with E-state index in [4.69, 9.17) is 0 Å². The standard InChI is InChI=1S/C16H12BrN5OS2/c1-10-8-14(23)22-16(19-10)25-13(20-22)9-24-15-18-6-7-21(15)12-4-2-11(17)3-5-12/h2-8H,9H2,1H3. The Labute approximate surface area is 159 Å². The van der Waals surface area contributed by atoms with Gasteiger partial charge >= 0.3 is 0 Å². The summed E-state index contributed by atoms with van der Waals surface area (Å²) in [5.74, 6) is 0.625. The van der Waals surface area contributed by atoms with Crippen LogP contribution in [0.4, 0.5) is 0 Å². The van der Waals surface area contributed by atoms with Gasteiger partial charge < -0.3 is 0 Å². The van der Waals surface area contributed by atoms with E-state index >= 15 is 0 Å². The summed E-state index contributed by atoms with van der Waals surface area (Å²) in [5, 5.41) is 6.07. The molecule has 0 aliphatic rings. The lowest BCUT2D eigenvalue weighted by Gasteiger charge is -2.06. The normalized spacial score (nSPS) is 11.3. The Morgan fingerprint density at radius 2 is 2.08 bits per heavy atom. The predicted octanol–water partition coefficient (Wildman–Crippen LogP) is 3.70. The van der Waals surface area contributed by atoms with Crippen molar-refractivity contribution in [1.29, 1.82) is 0 Å². The van der Waals surface area contributed by atoms with E-state index in [1.165, 1.54) is 21.9 Å². The van der Waals surface area contributed by atoms with Crippen LogP contribution in [0.1, 0.15) is 10.7 Å². The molecule has 3 heterocycles. The van der Waals surface area contributed by atoms with Crippen molar-refractivity contribution in [2.75, 3.05) is 0 Å². The molecule has 1 aromatic carbocycles. The van der Waals surface area contributed by atoms with Crippen LogP contribution in [0.5, 0.6) is 0 Å². The summed E-state index contributed by atoms with van der Waals surface area (Å²) in [4.78, 5) is 21.4. The zero-order valence-corrected chi connectivity index (χ0v) is 16.3. The molecule has 126 valence electrons. The highest BCUT2D eigenvalue weighted by molar-refractivity contribution is 9.10. The second-order valence-corrected chi connectivity index (χ2v) is 8.17. The molecule has 0 aliphatic heterocycles. The molecule has 0 saturated heterocycles. The topological polar surface area (TPSA) is 65.1 Å². The monoisotopic (exact) mass is 433 g/mol. The largest absolute Gasteiger partial charge is 0.295 e. The van der Waals surface area contributed by atoms with Crippen LogP contribution in [0.15, 0.2) is 57.1 Å². The molecule has 4 rings (SSSR count). The van der Waals surface area contributed by atoms with Gasteiger partial charge in [0, 0.05) is 34.3 Å². The summed E-state index contributed by atoms with van der Waals surface area (Å²) < 4.78 is 4.42. The van der Waals surface area contributed by atoms with Gasteiger partial charge in [-0.2, -0.15) is 9.61 Å². The van der Waals surface area contributed by atoms with Crippen LogP contribution in [-0.2, 0) is 5.75 Å². The van der Waals surface area contributed by atoms with E-state index in [-0.39, 0.29) is 5.56 Å². The van der Waals surface area contributed by atoms with Crippen LogP contribution in [0.25, 0.3) is 10.6 Å². The van der Waals surface area contributed by atoms with E-state index < -0.39 is 0 Å². The fraction of sp³-hybridized carbons (Fsp3) is 0.125. The molecule has 0 unspecified atom stereocenters. The number of aromatic nitrogens is 5. The Morgan fingerprint density at radius 1 is 1.28 bits per heavy atom. The first-order valence-corrected chi connectivity index (χ1v) is 9.98. The van der Waals surface area contributed by atoms with E-state index in [9.17, 15) is 4.79 Å². The van der Waals surface area contributed by atoms with Gasteiger partial charge in [0.25, 0.3) is 5.56 Å². The quantitative estimate of drug-likeness (QED) is 0.459. The maximum absolute atomic E-state index is 12.0. The highest BCUT2D eigenvalue weighted by Crippen LogP contribution is 2.26. The van der Waals surface area contributed by atoms with Crippen LogP contribution >= 0.6 is 39.0 Å². The van der Waals surface area contributed by atoms with E-state index in [1.54, 1.807) is 18.0 Å². The molecule has 0 radical (unpaired) electrons. The smallest absolute Gasteiger partial charge is 0.275 e. The minimum atomic E-state index is -0.147. The molecular weight excluding hydrogens is 422 g/mol. The lowest BCUT2D eigenvalue weighted by atomic mass is 10.3. The summed E-state index contributed by atoms with van der Waals surface area (Å²) in [7, 11) is 0. The molecule has 6 nitrogen and oxygen atoms in total. The fourth-order valence-electron chi connectivity index (χ4n) is 2.34. The lowest BCUT2D eigenvalue weighted by Crippen LogP contribution is -2.14. The van der Waals surface area contributed by atoms with E-state index in [1.807, 2.05) is 42.0 Å². The number of imidazole rings is 1. The highest BCUT2D eigenvalue weighted by Gasteiger charge is 2.11.